The summed E-state index contributed by atoms with van der Waals surface area (Å²) in [6, 6.07) is 0. The zero-order chi connectivity index (χ0) is 14.0. The standard InChI is InChI=1S/C6H9F3NO6S2/c7-6(8,9)18(13,14)10-17(11,12)2-1-15-3-5-4-16-5/h5H,1-4H2/q-1. The van der Waals surface area contributed by atoms with Gasteiger partial charge in [-0.1, -0.05) is 0 Å². The summed E-state index contributed by atoms with van der Waals surface area (Å²) < 4.78 is 89.9. The third-order valence-electron chi connectivity index (χ3n) is 1.70. The number of sulfonamides is 2. The Bertz CT molecular complexity index is 480. The molecule has 1 rings (SSSR count). The van der Waals surface area contributed by atoms with Crippen LogP contribution in [0.15, 0.2) is 0 Å². The average molecular weight is 312 g/mol. The second-order valence-corrected chi connectivity index (χ2v) is 6.89. The van der Waals surface area contributed by atoms with Crippen LogP contribution in [0.4, 0.5) is 13.2 Å². The van der Waals surface area contributed by atoms with Gasteiger partial charge in [-0.25, -0.2) is 16.8 Å². The van der Waals surface area contributed by atoms with Crippen molar-refractivity contribution in [2.45, 2.75) is 11.6 Å². The molecule has 12 heteroatoms. The molecule has 1 saturated heterocycles. The van der Waals surface area contributed by atoms with Crippen molar-refractivity contribution in [3.8, 4) is 0 Å². The molecule has 0 aromatic heterocycles. The van der Waals surface area contributed by atoms with E-state index in [4.69, 9.17) is 9.47 Å². The minimum absolute atomic E-state index is 0.0988. The monoisotopic (exact) mass is 312 g/mol. The number of alkyl halides is 3. The molecular weight excluding hydrogens is 303 g/mol. The van der Waals surface area contributed by atoms with E-state index in [1.807, 2.05) is 4.13 Å². The minimum Gasteiger partial charge on any atom is -0.428 e. The Morgan fingerprint density at radius 2 is 1.83 bits per heavy atom. The van der Waals surface area contributed by atoms with Crippen molar-refractivity contribution in [1.82, 2.24) is 0 Å². The molecule has 0 N–H and O–H groups in total. The van der Waals surface area contributed by atoms with E-state index in [0.717, 1.165) is 0 Å². The summed E-state index contributed by atoms with van der Waals surface area (Å²) in [5.74, 6) is -0.949. The van der Waals surface area contributed by atoms with Crippen LogP contribution in [0, 0.1) is 0 Å². The Morgan fingerprint density at radius 3 is 2.28 bits per heavy atom. The van der Waals surface area contributed by atoms with E-state index in [1.165, 1.54) is 0 Å². The van der Waals surface area contributed by atoms with Gasteiger partial charge >= 0.3 is 5.51 Å². The van der Waals surface area contributed by atoms with Crippen LogP contribution in [0.2, 0.25) is 0 Å². The van der Waals surface area contributed by atoms with Gasteiger partial charge in [-0.2, -0.15) is 13.2 Å². The highest BCUT2D eigenvalue weighted by molar-refractivity contribution is 8.12. The molecule has 0 amide bonds. The first-order chi connectivity index (χ1) is 8.04. The summed E-state index contributed by atoms with van der Waals surface area (Å²) >= 11 is 0. The van der Waals surface area contributed by atoms with Crippen molar-refractivity contribution in [1.29, 1.82) is 0 Å². The first kappa shape index (κ1) is 15.6. The third-order valence-corrected chi connectivity index (χ3v) is 4.66. The maximum atomic E-state index is 11.9. The fourth-order valence-corrected chi connectivity index (χ4v) is 2.93. The van der Waals surface area contributed by atoms with E-state index in [9.17, 15) is 30.0 Å². The van der Waals surface area contributed by atoms with Gasteiger partial charge in [0.15, 0.2) is 10.0 Å². The normalized spacial score (nSPS) is 20.9. The topological polar surface area (TPSA) is 104 Å². The van der Waals surface area contributed by atoms with Crippen molar-refractivity contribution in [3.63, 3.8) is 0 Å². The Morgan fingerprint density at radius 1 is 1.28 bits per heavy atom. The van der Waals surface area contributed by atoms with Crippen LogP contribution < -0.4 is 0 Å². The number of hydrogen-bond acceptors (Lipinski definition) is 6. The highest BCUT2D eigenvalue weighted by atomic mass is 32.3. The largest absolute Gasteiger partial charge is 0.480 e. The SMILES string of the molecule is O=S(=O)(CCOCC1CO1)[N-]S(=O)(=O)C(F)(F)F. The Hall–Kier alpha value is -0.430. The first-order valence-electron chi connectivity index (χ1n) is 4.51. The third kappa shape index (κ3) is 5.06. The summed E-state index contributed by atoms with van der Waals surface area (Å²) in [5, 5.41) is 0. The lowest BCUT2D eigenvalue weighted by atomic mass is 10.5. The molecule has 1 fully saturated rings. The first-order valence-corrected chi connectivity index (χ1v) is 7.56. The van der Waals surface area contributed by atoms with Crippen LogP contribution in [0.3, 0.4) is 0 Å². The van der Waals surface area contributed by atoms with E-state index in [1.54, 1.807) is 0 Å². The minimum atomic E-state index is -6.04. The van der Waals surface area contributed by atoms with E-state index >= 15 is 0 Å². The zero-order valence-electron chi connectivity index (χ0n) is 8.75. The molecule has 1 atom stereocenters. The molecule has 0 aromatic carbocycles. The number of nitrogens with zero attached hydrogens (tertiary/aromatic N) is 1. The fourth-order valence-electron chi connectivity index (χ4n) is 0.772. The van der Waals surface area contributed by atoms with E-state index in [-0.39, 0.29) is 12.7 Å². The van der Waals surface area contributed by atoms with Crippen LogP contribution in [-0.2, 0) is 29.5 Å². The molecule has 7 nitrogen and oxygen atoms in total. The van der Waals surface area contributed by atoms with Crippen molar-refractivity contribution < 1.29 is 39.5 Å². The molecule has 0 radical (unpaired) electrons. The summed E-state index contributed by atoms with van der Waals surface area (Å²) in [7, 11) is -10.8. The van der Waals surface area contributed by atoms with Crippen molar-refractivity contribution in [3.05, 3.63) is 4.13 Å². The predicted octanol–water partition coefficient (Wildman–Crippen LogP) is -0.0451. The molecule has 0 aliphatic carbocycles. The van der Waals surface area contributed by atoms with Crippen molar-refractivity contribution in [2.24, 2.45) is 0 Å². The van der Waals surface area contributed by atoms with Gasteiger partial charge < -0.3 is 13.6 Å². The molecule has 108 valence electrons. The molecule has 18 heavy (non-hydrogen) atoms. The van der Waals surface area contributed by atoms with Crippen LogP contribution in [-0.4, -0.2) is 54.0 Å². The van der Waals surface area contributed by atoms with Gasteiger partial charge in [0.2, 0.25) is 0 Å². The van der Waals surface area contributed by atoms with Crippen molar-refractivity contribution >= 4 is 20.0 Å². The summed E-state index contributed by atoms with van der Waals surface area (Å²) in [5.41, 5.74) is -5.73. The van der Waals surface area contributed by atoms with Gasteiger partial charge in [0, 0.05) is 0 Å². The number of epoxide rings is 1. The Kier molecular flexibility index (Phi) is 4.59. The highest BCUT2D eigenvalue weighted by Gasteiger charge is 2.40. The Balaban J connectivity index is 2.43. The molecule has 0 spiro atoms. The van der Waals surface area contributed by atoms with Gasteiger partial charge in [-0.3, -0.25) is 0 Å². The maximum absolute atomic E-state index is 11.9. The molecule has 0 saturated carbocycles. The summed E-state index contributed by atoms with van der Waals surface area (Å²) in [4.78, 5) is 0. The number of halogens is 3. The number of ether oxygens (including phenoxy) is 2. The quantitative estimate of drug-likeness (QED) is 0.482. The second kappa shape index (κ2) is 5.28. The molecule has 0 aromatic rings. The molecule has 1 unspecified atom stereocenters. The van der Waals surface area contributed by atoms with Crippen LogP contribution in [0.5, 0.6) is 0 Å². The van der Waals surface area contributed by atoms with Crippen LogP contribution in [0.25, 0.3) is 4.13 Å². The van der Waals surface area contributed by atoms with E-state index < -0.39 is 37.9 Å². The fraction of sp³-hybridized carbons (Fsp3) is 1.00. The lowest BCUT2D eigenvalue weighted by Gasteiger charge is -2.21. The molecule has 1 aliphatic rings. The van der Waals surface area contributed by atoms with Gasteiger partial charge in [-0.15, -0.1) is 0 Å². The van der Waals surface area contributed by atoms with Crippen LogP contribution in [0.1, 0.15) is 0 Å². The lowest BCUT2D eigenvalue weighted by molar-refractivity contribution is -0.0425. The van der Waals surface area contributed by atoms with Gasteiger partial charge in [0.05, 0.1) is 35.6 Å². The predicted molar refractivity (Wildman–Crippen MR) is 52.7 cm³/mol. The van der Waals surface area contributed by atoms with E-state index in [0.29, 0.717) is 6.61 Å². The van der Waals surface area contributed by atoms with Crippen LogP contribution >= 0.6 is 0 Å². The second-order valence-electron chi connectivity index (χ2n) is 3.31. The van der Waals surface area contributed by atoms with Gasteiger partial charge in [0.1, 0.15) is 6.10 Å². The van der Waals surface area contributed by atoms with Crippen molar-refractivity contribution in [2.75, 3.05) is 25.6 Å². The molecule has 1 heterocycles. The smallest absolute Gasteiger partial charge is 0.428 e. The zero-order valence-corrected chi connectivity index (χ0v) is 10.4. The van der Waals surface area contributed by atoms with Gasteiger partial charge in [-0.05, 0) is 0 Å². The highest BCUT2D eigenvalue weighted by Crippen LogP contribution is 2.29. The molecular formula is C6H9F3NO6S2-. The Labute approximate surface area is 101 Å². The summed E-state index contributed by atoms with van der Waals surface area (Å²) in [6.07, 6.45) is -0.136. The number of hydrogen-bond donors (Lipinski definition) is 0. The molecule has 1 aliphatic heterocycles. The number of rotatable bonds is 7. The maximum Gasteiger partial charge on any atom is 0.480 e. The average Bonchev–Trinajstić information content (AvgIpc) is 2.92. The summed E-state index contributed by atoms with van der Waals surface area (Å²) in [6.45, 7) is 0.111. The molecule has 0 bridgehead atoms. The lowest BCUT2D eigenvalue weighted by Crippen LogP contribution is -2.25. The van der Waals surface area contributed by atoms with Gasteiger partial charge in [0.25, 0.3) is 0 Å². The van der Waals surface area contributed by atoms with E-state index in [2.05, 4.69) is 0 Å².